The van der Waals surface area contributed by atoms with Gasteiger partial charge in [0.2, 0.25) is 5.95 Å². The normalized spacial score (nSPS) is 12.0. The molecule has 1 N–H and O–H groups in total. The first-order chi connectivity index (χ1) is 11.9. The van der Waals surface area contributed by atoms with Crippen LogP contribution in [0.5, 0.6) is 5.75 Å². The van der Waals surface area contributed by atoms with E-state index in [0.717, 1.165) is 11.0 Å². The number of anilines is 2. The van der Waals surface area contributed by atoms with Gasteiger partial charge in [-0.25, -0.2) is 9.97 Å². The third-order valence-electron chi connectivity index (χ3n) is 3.60. The fourth-order valence-corrected chi connectivity index (χ4v) is 3.40. The largest absolute Gasteiger partial charge is 0.573 e. The highest BCUT2D eigenvalue weighted by atomic mass is 32.1. The van der Waals surface area contributed by atoms with Gasteiger partial charge < -0.3 is 14.6 Å². The summed E-state index contributed by atoms with van der Waals surface area (Å²) in [5.74, 6) is 0.338. The molecule has 0 fully saturated rings. The molecule has 0 atom stereocenters. The van der Waals surface area contributed by atoms with E-state index >= 15 is 0 Å². The lowest BCUT2D eigenvalue weighted by Crippen LogP contribution is -2.16. The SMILES string of the molecule is Cn1c(Nc2nc3ccc(OC(F)(F)F)cc3s2)nc2ccccc21. The Bertz CT molecular complexity index is 1070. The molecule has 25 heavy (non-hydrogen) atoms. The summed E-state index contributed by atoms with van der Waals surface area (Å²) in [5, 5.41) is 3.65. The number of aryl methyl sites for hydroxylation is 1. The molecule has 0 aliphatic heterocycles. The molecule has 0 unspecified atom stereocenters. The van der Waals surface area contributed by atoms with Crippen molar-refractivity contribution >= 4 is 43.7 Å². The number of hydrogen-bond donors (Lipinski definition) is 1. The van der Waals surface area contributed by atoms with Crippen LogP contribution in [-0.4, -0.2) is 20.9 Å². The fourth-order valence-electron chi connectivity index (χ4n) is 2.51. The van der Waals surface area contributed by atoms with Crippen molar-refractivity contribution in [3.63, 3.8) is 0 Å². The van der Waals surface area contributed by atoms with Crippen LogP contribution in [0.25, 0.3) is 21.3 Å². The van der Waals surface area contributed by atoms with Gasteiger partial charge >= 0.3 is 6.36 Å². The number of imidazole rings is 1. The van der Waals surface area contributed by atoms with E-state index in [1.54, 1.807) is 0 Å². The van der Waals surface area contributed by atoms with E-state index in [1.165, 1.54) is 29.5 Å². The van der Waals surface area contributed by atoms with Crippen molar-refractivity contribution in [1.82, 2.24) is 14.5 Å². The minimum atomic E-state index is -4.72. The van der Waals surface area contributed by atoms with Gasteiger partial charge in [-0.15, -0.1) is 13.2 Å². The highest BCUT2D eigenvalue weighted by Crippen LogP contribution is 2.33. The van der Waals surface area contributed by atoms with Gasteiger partial charge in [-0.3, -0.25) is 0 Å². The minimum Gasteiger partial charge on any atom is -0.406 e. The number of nitrogens with zero attached hydrogens (tertiary/aromatic N) is 3. The summed E-state index contributed by atoms with van der Waals surface area (Å²) in [4.78, 5) is 8.86. The lowest BCUT2D eigenvalue weighted by Gasteiger charge is -2.07. The van der Waals surface area contributed by atoms with Crippen molar-refractivity contribution in [3.8, 4) is 5.75 Å². The highest BCUT2D eigenvalue weighted by molar-refractivity contribution is 7.22. The number of fused-ring (bicyclic) bond motifs is 2. The third-order valence-corrected chi connectivity index (χ3v) is 4.53. The third kappa shape index (κ3) is 3.10. The summed E-state index contributed by atoms with van der Waals surface area (Å²) in [5.41, 5.74) is 2.39. The first-order valence-corrected chi connectivity index (χ1v) is 8.05. The molecule has 0 saturated heterocycles. The van der Waals surface area contributed by atoms with E-state index in [4.69, 9.17) is 0 Å². The number of ether oxygens (including phenoxy) is 1. The van der Waals surface area contributed by atoms with Crippen molar-refractivity contribution in [2.75, 3.05) is 5.32 Å². The molecule has 0 aliphatic carbocycles. The number of nitrogens with one attached hydrogen (secondary N) is 1. The van der Waals surface area contributed by atoms with Crippen molar-refractivity contribution in [1.29, 1.82) is 0 Å². The number of rotatable bonds is 3. The van der Waals surface area contributed by atoms with Gasteiger partial charge in [-0.1, -0.05) is 23.5 Å². The van der Waals surface area contributed by atoms with Crippen molar-refractivity contribution in [3.05, 3.63) is 42.5 Å². The number of aromatic nitrogens is 3. The molecular weight excluding hydrogens is 353 g/mol. The van der Waals surface area contributed by atoms with Gasteiger partial charge in [0.1, 0.15) is 5.75 Å². The van der Waals surface area contributed by atoms with E-state index in [2.05, 4.69) is 20.0 Å². The molecule has 0 aliphatic rings. The molecule has 2 heterocycles. The fraction of sp³-hybridized carbons (Fsp3) is 0.125. The van der Waals surface area contributed by atoms with Crippen LogP contribution in [0.4, 0.5) is 24.3 Å². The summed E-state index contributed by atoms with van der Waals surface area (Å²) >= 11 is 1.23. The lowest BCUT2D eigenvalue weighted by molar-refractivity contribution is -0.274. The molecule has 0 radical (unpaired) electrons. The standard InChI is InChI=1S/C16H11F3N4OS/c1-23-12-5-3-2-4-10(12)20-14(23)22-15-21-11-7-6-9(8-13(11)25-15)24-16(17,18)19/h2-8H,1H3,(H,20,21,22). The molecule has 0 bridgehead atoms. The zero-order valence-corrected chi connectivity index (χ0v) is 13.6. The molecule has 4 aromatic rings. The number of halogens is 3. The maximum Gasteiger partial charge on any atom is 0.573 e. The monoisotopic (exact) mass is 364 g/mol. The van der Waals surface area contributed by atoms with Crippen LogP contribution >= 0.6 is 11.3 Å². The number of thiazole rings is 1. The van der Waals surface area contributed by atoms with Gasteiger partial charge in [-0.2, -0.15) is 0 Å². The molecule has 2 aromatic carbocycles. The van der Waals surface area contributed by atoms with Crippen LogP contribution in [0.1, 0.15) is 0 Å². The molecule has 4 rings (SSSR count). The van der Waals surface area contributed by atoms with Gasteiger partial charge in [0.05, 0.1) is 21.3 Å². The highest BCUT2D eigenvalue weighted by Gasteiger charge is 2.31. The first-order valence-electron chi connectivity index (χ1n) is 7.24. The molecule has 0 saturated carbocycles. The summed E-state index contributed by atoms with van der Waals surface area (Å²) in [6.07, 6.45) is -4.72. The van der Waals surface area contributed by atoms with Crippen molar-refractivity contribution in [2.24, 2.45) is 7.05 Å². The smallest absolute Gasteiger partial charge is 0.406 e. The molecule has 0 amide bonds. The Hall–Kier alpha value is -2.81. The topological polar surface area (TPSA) is 52.0 Å². The predicted molar refractivity (Wildman–Crippen MR) is 90.3 cm³/mol. The summed E-state index contributed by atoms with van der Waals surface area (Å²) < 4.78 is 43.4. The Morgan fingerprint density at radius 1 is 1.08 bits per heavy atom. The molecule has 128 valence electrons. The van der Waals surface area contributed by atoms with E-state index in [0.29, 0.717) is 21.3 Å². The average molecular weight is 364 g/mol. The van der Waals surface area contributed by atoms with Crippen LogP contribution < -0.4 is 10.1 Å². The van der Waals surface area contributed by atoms with Gasteiger partial charge in [-0.05, 0) is 24.3 Å². The Morgan fingerprint density at radius 2 is 1.88 bits per heavy atom. The maximum atomic E-state index is 12.3. The molecule has 2 aromatic heterocycles. The van der Waals surface area contributed by atoms with Crippen LogP contribution in [0.3, 0.4) is 0 Å². The van der Waals surface area contributed by atoms with E-state index in [9.17, 15) is 13.2 Å². The molecule has 0 spiro atoms. The predicted octanol–water partition coefficient (Wildman–Crippen LogP) is 4.83. The van der Waals surface area contributed by atoms with Gasteiger partial charge in [0.15, 0.2) is 5.13 Å². The van der Waals surface area contributed by atoms with Gasteiger partial charge in [0.25, 0.3) is 0 Å². The number of hydrogen-bond acceptors (Lipinski definition) is 5. The molecule has 5 nitrogen and oxygen atoms in total. The number of para-hydroxylation sites is 2. The van der Waals surface area contributed by atoms with Crippen LogP contribution in [0.15, 0.2) is 42.5 Å². The Labute approximate surface area is 143 Å². The molecular formula is C16H11F3N4OS. The average Bonchev–Trinajstić information content (AvgIpc) is 3.07. The number of benzene rings is 2. The Kier molecular flexibility index (Phi) is 3.53. The summed E-state index contributed by atoms with van der Waals surface area (Å²) in [7, 11) is 1.88. The van der Waals surface area contributed by atoms with Crippen molar-refractivity contribution < 1.29 is 17.9 Å². The number of alkyl halides is 3. The van der Waals surface area contributed by atoms with Crippen molar-refractivity contribution in [2.45, 2.75) is 6.36 Å². The zero-order valence-electron chi connectivity index (χ0n) is 12.8. The van der Waals surface area contributed by atoms with Crippen LogP contribution in [0.2, 0.25) is 0 Å². The van der Waals surface area contributed by atoms with E-state index in [1.807, 2.05) is 35.9 Å². The second-order valence-electron chi connectivity index (χ2n) is 5.30. The zero-order chi connectivity index (χ0) is 17.6. The quantitative estimate of drug-likeness (QED) is 0.566. The maximum absolute atomic E-state index is 12.3. The second-order valence-corrected chi connectivity index (χ2v) is 6.34. The van der Waals surface area contributed by atoms with Crippen LogP contribution in [0, 0.1) is 0 Å². The van der Waals surface area contributed by atoms with Gasteiger partial charge in [0, 0.05) is 13.1 Å². The van der Waals surface area contributed by atoms with E-state index in [-0.39, 0.29) is 5.75 Å². The Morgan fingerprint density at radius 3 is 2.64 bits per heavy atom. The first kappa shape index (κ1) is 15.7. The minimum absolute atomic E-state index is 0.266. The van der Waals surface area contributed by atoms with E-state index < -0.39 is 6.36 Å². The summed E-state index contributed by atoms with van der Waals surface area (Å²) in [6, 6.07) is 11.7. The van der Waals surface area contributed by atoms with Crippen LogP contribution in [-0.2, 0) is 7.05 Å². The molecule has 9 heteroatoms. The lowest BCUT2D eigenvalue weighted by atomic mass is 10.3. The summed E-state index contributed by atoms with van der Waals surface area (Å²) in [6.45, 7) is 0. The second kappa shape index (κ2) is 5.62. The Balaban J connectivity index is 1.66.